The molecule has 2 rings (SSSR count). The minimum Gasteiger partial charge on any atom is -0.383 e. The molecule has 78 valence electrons. The van der Waals surface area contributed by atoms with Crippen LogP contribution in [0.3, 0.4) is 0 Å². The first-order chi connectivity index (χ1) is 7.09. The van der Waals surface area contributed by atoms with Crippen molar-refractivity contribution in [3.8, 4) is 11.1 Å². The van der Waals surface area contributed by atoms with Gasteiger partial charge in [0.2, 0.25) is 0 Å². The lowest BCUT2D eigenvalue weighted by atomic mass is 10.1. The Morgan fingerprint density at radius 1 is 1.40 bits per heavy atom. The Bertz CT molecular complexity index is 507. The van der Waals surface area contributed by atoms with Crippen molar-refractivity contribution in [2.24, 2.45) is 7.05 Å². The molecule has 0 atom stereocenters. The van der Waals surface area contributed by atoms with Gasteiger partial charge in [0.15, 0.2) is 0 Å². The van der Waals surface area contributed by atoms with Crippen molar-refractivity contribution >= 4 is 33.3 Å². The summed E-state index contributed by atoms with van der Waals surface area (Å²) in [5.74, 6) is 0.610. The number of benzene rings is 1. The molecule has 0 unspecified atom stereocenters. The Morgan fingerprint density at radius 3 is 2.67 bits per heavy atom. The molecule has 0 bridgehead atoms. The van der Waals surface area contributed by atoms with Crippen LogP contribution in [0, 0.1) is 0 Å². The Labute approximate surface area is 101 Å². The Hall–Kier alpha value is -1.00. The lowest BCUT2D eigenvalue weighted by Gasteiger charge is -2.03. The van der Waals surface area contributed by atoms with Gasteiger partial charge in [0.25, 0.3) is 0 Å². The monoisotopic (exact) mass is 285 g/mol. The minimum atomic E-state index is 0.610. The fourth-order valence-electron chi connectivity index (χ4n) is 1.36. The summed E-state index contributed by atoms with van der Waals surface area (Å²) in [4.78, 5) is 0. The summed E-state index contributed by atoms with van der Waals surface area (Å²) in [7, 11) is 1.80. The second kappa shape index (κ2) is 3.87. The maximum atomic E-state index is 6.12. The number of nitrogens with two attached hydrogens (primary N) is 1. The lowest BCUT2D eigenvalue weighted by molar-refractivity contribution is 0.779. The number of rotatable bonds is 1. The standard InChI is InChI=1S/C10H9BrClN3/c1-15-10(13)8(5-14-15)7-3-2-6(11)4-9(7)12/h2-5H,13H2,1H3. The molecular formula is C10H9BrClN3. The van der Waals surface area contributed by atoms with Gasteiger partial charge >= 0.3 is 0 Å². The highest BCUT2D eigenvalue weighted by Gasteiger charge is 2.10. The average molecular weight is 287 g/mol. The molecule has 0 spiro atoms. The molecule has 0 saturated carbocycles. The van der Waals surface area contributed by atoms with Crippen LogP contribution in [0.2, 0.25) is 5.02 Å². The van der Waals surface area contributed by atoms with Crippen LogP contribution >= 0.6 is 27.5 Å². The molecule has 0 aliphatic carbocycles. The highest BCUT2D eigenvalue weighted by Crippen LogP contribution is 2.33. The average Bonchev–Trinajstić information content (AvgIpc) is 2.49. The summed E-state index contributed by atoms with van der Waals surface area (Å²) in [6, 6.07) is 5.68. The van der Waals surface area contributed by atoms with Crippen molar-refractivity contribution in [2.75, 3.05) is 5.73 Å². The van der Waals surface area contributed by atoms with E-state index in [9.17, 15) is 0 Å². The van der Waals surface area contributed by atoms with E-state index in [4.69, 9.17) is 17.3 Å². The second-order valence-electron chi connectivity index (χ2n) is 3.19. The third-order valence-electron chi connectivity index (χ3n) is 2.21. The van der Waals surface area contributed by atoms with Crippen LogP contribution in [0.5, 0.6) is 0 Å². The van der Waals surface area contributed by atoms with Crippen LogP contribution in [0.1, 0.15) is 0 Å². The van der Waals surface area contributed by atoms with E-state index in [0.717, 1.165) is 15.6 Å². The molecule has 0 aliphatic heterocycles. The van der Waals surface area contributed by atoms with Gasteiger partial charge in [-0.1, -0.05) is 33.6 Å². The summed E-state index contributed by atoms with van der Waals surface area (Å²) < 4.78 is 2.56. The molecule has 0 radical (unpaired) electrons. The van der Waals surface area contributed by atoms with Crippen molar-refractivity contribution in [3.63, 3.8) is 0 Å². The highest BCUT2D eigenvalue weighted by atomic mass is 79.9. The zero-order chi connectivity index (χ0) is 11.0. The number of halogens is 2. The molecule has 0 amide bonds. The topological polar surface area (TPSA) is 43.8 Å². The van der Waals surface area contributed by atoms with Crippen LogP contribution in [-0.2, 0) is 7.05 Å². The number of hydrogen-bond acceptors (Lipinski definition) is 2. The first kappa shape index (κ1) is 10.5. The summed E-state index contributed by atoms with van der Waals surface area (Å²) in [5.41, 5.74) is 7.62. The van der Waals surface area contributed by atoms with Crippen molar-refractivity contribution in [1.82, 2.24) is 9.78 Å². The van der Waals surface area contributed by atoms with E-state index < -0.39 is 0 Å². The van der Waals surface area contributed by atoms with Gasteiger partial charge in [-0.2, -0.15) is 5.10 Å². The van der Waals surface area contributed by atoms with Gasteiger partial charge < -0.3 is 5.73 Å². The number of aromatic nitrogens is 2. The van der Waals surface area contributed by atoms with Crippen LogP contribution in [-0.4, -0.2) is 9.78 Å². The Balaban J connectivity index is 2.59. The fraction of sp³-hybridized carbons (Fsp3) is 0.100. The van der Waals surface area contributed by atoms with E-state index in [0.29, 0.717) is 10.8 Å². The van der Waals surface area contributed by atoms with Crippen molar-refractivity contribution in [3.05, 3.63) is 33.9 Å². The molecule has 0 aliphatic rings. The zero-order valence-electron chi connectivity index (χ0n) is 8.04. The fourth-order valence-corrected chi connectivity index (χ4v) is 2.14. The zero-order valence-corrected chi connectivity index (χ0v) is 10.4. The maximum absolute atomic E-state index is 6.12. The number of nitrogen functional groups attached to an aromatic ring is 1. The van der Waals surface area contributed by atoms with Crippen molar-refractivity contribution in [1.29, 1.82) is 0 Å². The van der Waals surface area contributed by atoms with E-state index in [1.807, 2.05) is 18.2 Å². The third-order valence-corrected chi connectivity index (χ3v) is 3.01. The van der Waals surface area contributed by atoms with Crippen LogP contribution in [0.15, 0.2) is 28.9 Å². The quantitative estimate of drug-likeness (QED) is 0.875. The van der Waals surface area contributed by atoms with E-state index >= 15 is 0 Å². The van der Waals surface area contributed by atoms with E-state index in [1.54, 1.807) is 17.9 Å². The van der Waals surface area contributed by atoms with Gasteiger partial charge in [-0.15, -0.1) is 0 Å². The highest BCUT2D eigenvalue weighted by molar-refractivity contribution is 9.10. The lowest BCUT2D eigenvalue weighted by Crippen LogP contribution is -1.98. The van der Waals surface area contributed by atoms with Crippen LogP contribution < -0.4 is 5.73 Å². The molecule has 15 heavy (non-hydrogen) atoms. The van der Waals surface area contributed by atoms with E-state index in [1.165, 1.54) is 0 Å². The first-order valence-electron chi connectivity index (χ1n) is 4.32. The van der Waals surface area contributed by atoms with Crippen LogP contribution in [0.25, 0.3) is 11.1 Å². The summed E-state index contributed by atoms with van der Waals surface area (Å²) in [6.45, 7) is 0. The third kappa shape index (κ3) is 1.87. The molecule has 3 nitrogen and oxygen atoms in total. The van der Waals surface area contributed by atoms with E-state index in [-0.39, 0.29) is 0 Å². The predicted octanol–water partition coefficient (Wildman–Crippen LogP) is 3.09. The van der Waals surface area contributed by atoms with E-state index in [2.05, 4.69) is 21.0 Å². The van der Waals surface area contributed by atoms with Gasteiger partial charge in [-0.3, -0.25) is 4.68 Å². The molecule has 1 heterocycles. The molecular weight excluding hydrogens is 277 g/mol. The predicted molar refractivity (Wildman–Crippen MR) is 65.8 cm³/mol. The molecule has 1 aromatic carbocycles. The van der Waals surface area contributed by atoms with Gasteiger partial charge in [0.1, 0.15) is 5.82 Å². The number of anilines is 1. The number of nitrogens with zero attached hydrogens (tertiary/aromatic N) is 2. The van der Waals surface area contributed by atoms with Gasteiger partial charge in [-0.25, -0.2) is 0 Å². The molecule has 0 fully saturated rings. The minimum absolute atomic E-state index is 0.610. The maximum Gasteiger partial charge on any atom is 0.129 e. The van der Waals surface area contributed by atoms with Crippen LogP contribution in [0.4, 0.5) is 5.82 Å². The van der Waals surface area contributed by atoms with Gasteiger partial charge in [0, 0.05) is 27.7 Å². The summed E-state index contributed by atoms with van der Waals surface area (Å²) in [5, 5.41) is 4.73. The van der Waals surface area contributed by atoms with Crippen molar-refractivity contribution in [2.45, 2.75) is 0 Å². The van der Waals surface area contributed by atoms with Gasteiger partial charge in [-0.05, 0) is 12.1 Å². The molecule has 1 aromatic heterocycles. The summed E-state index contributed by atoms with van der Waals surface area (Å²) in [6.07, 6.45) is 1.71. The number of aryl methyl sites for hydroxylation is 1. The normalized spacial score (nSPS) is 10.6. The molecule has 5 heteroatoms. The number of hydrogen-bond donors (Lipinski definition) is 1. The molecule has 2 aromatic rings. The second-order valence-corrected chi connectivity index (χ2v) is 4.51. The smallest absolute Gasteiger partial charge is 0.129 e. The Morgan fingerprint density at radius 2 is 2.13 bits per heavy atom. The van der Waals surface area contributed by atoms with Gasteiger partial charge in [0.05, 0.1) is 6.20 Å². The SMILES string of the molecule is Cn1ncc(-c2ccc(Br)cc2Cl)c1N. The summed E-state index contributed by atoms with van der Waals surface area (Å²) >= 11 is 9.48. The Kier molecular flexibility index (Phi) is 2.71. The van der Waals surface area contributed by atoms with Crippen molar-refractivity contribution < 1.29 is 0 Å². The largest absolute Gasteiger partial charge is 0.383 e. The first-order valence-corrected chi connectivity index (χ1v) is 5.49. The molecule has 0 saturated heterocycles. The molecule has 2 N–H and O–H groups in total.